The van der Waals surface area contributed by atoms with E-state index >= 15 is 0 Å². The zero-order valence-corrected chi connectivity index (χ0v) is 14.8. The van der Waals surface area contributed by atoms with Gasteiger partial charge in [0.2, 0.25) is 11.0 Å². The molecule has 0 unspecified atom stereocenters. The monoisotopic (exact) mass is 406 g/mol. The molecule has 0 spiro atoms. The van der Waals surface area contributed by atoms with Gasteiger partial charge in [-0.3, -0.25) is 4.79 Å². The van der Waals surface area contributed by atoms with Crippen LogP contribution < -0.4 is 4.74 Å². The molecule has 0 aliphatic heterocycles. The number of ether oxygens (including phenoxy) is 1. The molecular formula is C16H11BrN2O4S. The van der Waals surface area contributed by atoms with Gasteiger partial charge < -0.3 is 14.3 Å². The van der Waals surface area contributed by atoms with Crippen molar-refractivity contribution in [2.75, 3.05) is 7.11 Å². The topological polar surface area (TPSA) is 85.5 Å². The Labute approximate surface area is 150 Å². The predicted molar refractivity (Wildman–Crippen MR) is 92.3 cm³/mol. The molecule has 24 heavy (non-hydrogen) atoms. The summed E-state index contributed by atoms with van der Waals surface area (Å²) >= 11 is 4.02. The van der Waals surface area contributed by atoms with Gasteiger partial charge in [0.15, 0.2) is 0 Å². The number of carbonyl (C=O) groups is 1. The largest absolute Gasteiger partial charge is 0.507 e. The van der Waals surface area contributed by atoms with Crippen LogP contribution in [0.5, 0.6) is 11.5 Å². The summed E-state index contributed by atoms with van der Waals surface area (Å²) in [6.07, 6.45) is 0. The van der Waals surface area contributed by atoms with Gasteiger partial charge in [-0.15, -0.1) is 10.2 Å². The lowest BCUT2D eigenvalue weighted by molar-refractivity contribution is 0.108. The van der Waals surface area contributed by atoms with Gasteiger partial charge in [0.05, 0.1) is 12.7 Å². The number of phenols is 1. The van der Waals surface area contributed by atoms with E-state index in [1.165, 1.54) is 12.1 Å². The smallest absolute Gasteiger partial charge is 0.284 e. The molecule has 3 rings (SSSR count). The number of hydrogen-bond acceptors (Lipinski definition) is 7. The van der Waals surface area contributed by atoms with E-state index in [1.54, 1.807) is 37.4 Å². The fourth-order valence-corrected chi connectivity index (χ4v) is 2.93. The summed E-state index contributed by atoms with van der Waals surface area (Å²) in [4.78, 5) is 12.3. The Kier molecular flexibility index (Phi) is 4.86. The van der Waals surface area contributed by atoms with Crippen molar-refractivity contribution in [3.63, 3.8) is 0 Å². The lowest BCUT2D eigenvalue weighted by Gasteiger charge is -2.02. The second-order valence-corrected chi connectivity index (χ2v) is 6.50. The van der Waals surface area contributed by atoms with Crippen molar-refractivity contribution < 1.29 is 19.1 Å². The molecule has 0 radical (unpaired) electrons. The summed E-state index contributed by atoms with van der Waals surface area (Å²) in [6, 6.07) is 11.8. The molecule has 0 saturated heterocycles. The van der Waals surface area contributed by atoms with Crippen molar-refractivity contribution in [2.24, 2.45) is 0 Å². The molecule has 0 amide bonds. The van der Waals surface area contributed by atoms with Crippen LogP contribution in [-0.4, -0.2) is 27.5 Å². The number of carbonyl (C=O) groups excluding carboxylic acids is 1. The zero-order chi connectivity index (χ0) is 17.1. The Morgan fingerprint density at radius 3 is 2.88 bits per heavy atom. The first kappa shape index (κ1) is 16.5. The molecule has 3 aromatic rings. The average Bonchev–Trinajstić information content (AvgIpc) is 3.05. The van der Waals surface area contributed by atoms with Gasteiger partial charge in [-0.1, -0.05) is 22.0 Å². The minimum Gasteiger partial charge on any atom is -0.507 e. The zero-order valence-electron chi connectivity index (χ0n) is 12.4. The SMILES string of the molecule is COc1cccc(-c2nnc(SC(=O)c3cc(Br)ccc3O)o2)c1. The maximum absolute atomic E-state index is 12.3. The molecule has 0 aliphatic carbocycles. The second kappa shape index (κ2) is 7.06. The van der Waals surface area contributed by atoms with Crippen LogP contribution in [0.25, 0.3) is 11.5 Å². The summed E-state index contributed by atoms with van der Waals surface area (Å²) in [5.74, 6) is 0.834. The molecule has 1 aromatic heterocycles. The number of benzene rings is 2. The van der Waals surface area contributed by atoms with Gasteiger partial charge >= 0.3 is 0 Å². The normalized spacial score (nSPS) is 10.6. The molecule has 8 heteroatoms. The van der Waals surface area contributed by atoms with Crippen LogP contribution in [0.1, 0.15) is 10.4 Å². The maximum Gasteiger partial charge on any atom is 0.284 e. The Hall–Kier alpha value is -2.32. The van der Waals surface area contributed by atoms with Crippen molar-refractivity contribution in [2.45, 2.75) is 5.22 Å². The van der Waals surface area contributed by atoms with Crippen molar-refractivity contribution in [1.29, 1.82) is 0 Å². The van der Waals surface area contributed by atoms with Crippen molar-refractivity contribution >= 4 is 32.8 Å². The number of rotatable bonds is 4. The number of methoxy groups -OCH3 is 1. The van der Waals surface area contributed by atoms with Gasteiger partial charge in [-0.2, -0.15) is 0 Å². The quantitative estimate of drug-likeness (QED) is 0.651. The van der Waals surface area contributed by atoms with Crippen LogP contribution in [0, 0.1) is 0 Å². The van der Waals surface area contributed by atoms with Gasteiger partial charge in [-0.05, 0) is 36.4 Å². The third kappa shape index (κ3) is 3.60. The van der Waals surface area contributed by atoms with Crippen LogP contribution >= 0.6 is 27.7 Å². The fraction of sp³-hybridized carbons (Fsp3) is 0.0625. The average molecular weight is 407 g/mol. The second-order valence-electron chi connectivity index (χ2n) is 4.66. The van der Waals surface area contributed by atoms with Gasteiger partial charge in [0.1, 0.15) is 11.5 Å². The minimum absolute atomic E-state index is 0.0946. The van der Waals surface area contributed by atoms with Gasteiger partial charge in [-0.25, -0.2) is 0 Å². The minimum atomic E-state index is -0.394. The lowest BCUT2D eigenvalue weighted by Crippen LogP contribution is -1.94. The number of aromatic nitrogens is 2. The van der Waals surface area contributed by atoms with E-state index in [-0.39, 0.29) is 22.4 Å². The Bertz CT molecular complexity index is 897. The van der Waals surface area contributed by atoms with Crippen LogP contribution in [0.3, 0.4) is 0 Å². The molecule has 6 nitrogen and oxygen atoms in total. The highest BCUT2D eigenvalue weighted by atomic mass is 79.9. The van der Waals surface area contributed by atoms with Gasteiger partial charge in [0, 0.05) is 21.8 Å². The Morgan fingerprint density at radius 1 is 1.25 bits per heavy atom. The first-order chi connectivity index (χ1) is 11.6. The highest BCUT2D eigenvalue weighted by Gasteiger charge is 2.18. The van der Waals surface area contributed by atoms with E-state index in [2.05, 4.69) is 26.1 Å². The molecular weight excluding hydrogens is 396 g/mol. The maximum atomic E-state index is 12.3. The Morgan fingerprint density at radius 2 is 2.08 bits per heavy atom. The summed E-state index contributed by atoms with van der Waals surface area (Å²) in [7, 11) is 1.57. The Balaban J connectivity index is 1.81. The number of nitrogens with zero attached hydrogens (tertiary/aromatic N) is 2. The van der Waals surface area contributed by atoms with E-state index in [0.717, 1.165) is 11.8 Å². The number of hydrogen-bond donors (Lipinski definition) is 1. The highest BCUT2D eigenvalue weighted by molar-refractivity contribution is 9.10. The standard InChI is InChI=1S/C16H11BrN2O4S/c1-22-11-4-2-3-9(7-11)14-18-19-16(23-14)24-15(21)12-8-10(17)5-6-13(12)20/h2-8,20H,1H3. The van der Waals surface area contributed by atoms with E-state index in [0.29, 0.717) is 15.8 Å². The van der Waals surface area contributed by atoms with E-state index in [4.69, 9.17) is 9.15 Å². The van der Waals surface area contributed by atoms with Crippen molar-refractivity contribution in [3.8, 4) is 23.0 Å². The molecule has 0 bridgehead atoms. The summed E-state index contributed by atoms with van der Waals surface area (Å²) < 4.78 is 11.3. The van der Waals surface area contributed by atoms with Crippen LogP contribution in [0.4, 0.5) is 0 Å². The number of phenolic OH excluding ortho intramolecular Hbond substituents is 1. The first-order valence-electron chi connectivity index (χ1n) is 6.75. The molecule has 0 saturated carbocycles. The predicted octanol–water partition coefficient (Wildman–Crippen LogP) is 4.15. The summed E-state index contributed by atoms with van der Waals surface area (Å²) in [5.41, 5.74) is 0.849. The summed E-state index contributed by atoms with van der Waals surface area (Å²) in [5, 5.41) is 17.3. The van der Waals surface area contributed by atoms with E-state index < -0.39 is 5.12 Å². The molecule has 1 heterocycles. The van der Waals surface area contributed by atoms with E-state index in [1.807, 2.05) is 0 Å². The van der Waals surface area contributed by atoms with Crippen molar-refractivity contribution in [3.05, 3.63) is 52.5 Å². The van der Waals surface area contributed by atoms with E-state index in [9.17, 15) is 9.90 Å². The summed E-state index contributed by atoms with van der Waals surface area (Å²) in [6.45, 7) is 0. The fourth-order valence-electron chi connectivity index (χ4n) is 1.93. The first-order valence-corrected chi connectivity index (χ1v) is 8.36. The lowest BCUT2D eigenvalue weighted by atomic mass is 10.2. The molecule has 2 aromatic carbocycles. The van der Waals surface area contributed by atoms with Gasteiger partial charge in [0.25, 0.3) is 5.22 Å². The number of halogens is 1. The number of aromatic hydroxyl groups is 1. The molecule has 1 N–H and O–H groups in total. The van der Waals surface area contributed by atoms with Crippen LogP contribution in [0.2, 0.25) is 0 Å². The van der Waals surface area contributed by atoms with Crippen molar-refractivity contribution in [1.82, 2.24) is 10.2 Å². The molecule has 0 atom stereocenters. The highest BCUT2D eigenvalue weighted by Crippen LogP contribution is 2.31. The number of thioether (sulfide) groups is 1. The van der Waals surface area contributed by atoms with Crippen LogP contribution in [-0.2, 0) is 0 Å². The molecule has 0 aliphatic rings. The third-order valence-corrected chi connectivity index (χ3v) is 4.32. The third-order valence-electron chi connectivity index (χ3n) is 3.08. The molecule has 122 valence electrons. The molecule has 0 fully saturated rings. The van der Waals surface area contributed by atoms with Crippen LogP contribution in [0.15, 0.2) is 56.6 Å².